The summed E-state index contributed by atoms with van der Waals surface area (Å²) in [6.07, 6.45) is 1.25. The summed E-state index contributed by atoms with van der Waals surface area (Å²) in [6, 6.07) is 0. The van der Waals surface area contributed by atoms with Gasteiger partial charge in [0, 0.05) is 0 Å². The molecule has 0 rings (SSSR count). The topological polar surface area (TPSA) is 365 Å². The van der Waals surface area contributed by atoms with E-state index in [-0.39, 0.29) is 96.2 Å². The van der Waals surface area contributed by atoms with Crippen molar-refractivity contribution < 1.29 is 45.6 Å². The van der Waals surface area contributed by atoms with Crippen LogP contribution in [0, 0.1) is 11.5 Å². The van der Waals surface area contributed by atoms with Gasteiger partial charge in [0.15, 0.2) is 11.3 Å². The molecule has 0 fully saturated rings. The maximum atomic E-state index is 7.10. The zero-order chi connectivity index (χ0) is 8.28. The van der Waals surface area contributed by atoms with Gasteiger partial charge < -0.3 is 63.7 Å². The first-order valence-electron chi connectivity index (χ1n) is 1.58. The summed E-state index contributed by atoms with van der Waals surface area (Å²) in [5.41, 5.74) is 13.4. The summed E-state index contributed by atoms with van der Waals surface area (Å²) in [6.45, 7) is 0. The molecule has 0 radical (unpaired) electrons. The molecule has 0 atom stereocenters. The van der Waals surface area contributed by atoms with Gasteiger partial charge in [0.2, 0.25) is 0 Å². The molecule has 0 aliphatic heterocycles. The van der Waals surface area contributed by atoms with Crippen LogP contribution in [0.2, 0.25) is 0 Å². The third kappa shape index (κ3) is 218000. The van der Waals surface area contributed by atoms with E-state index in [1.54, 1.807) is 0 Å². The summed E-state index contributed by atoms with van der Waals surface area (Å²) in [4.78, 5) is 0. The first-order chi connectivity index (χ1) is 4.15. The number of nitriles is 1. The van der Waals surface area contributed by atoms with Gasteiger partial charge in [-0.3, -0.25) is 0 Å². The quantitative estimate of drug-likeness (QED) is 0.109. The second-order valence-corrected chi connectivity index (χ2v) is 1.00. The predicted octanol–water partition coefficient (Wildman–Crippen LogP) is 1.72. The van der Waals surface area contributed by atoms with Gasteiger partial charge in [0.05, 0.1) is 0 Å². The zero-order valence-electron chi connectivity index (χ0n) is 9.43. The summed E-state index contributed by atoms with van der Waals surface area (Å²) in [7, 11) is 4.25. The normalized spacial score (nSPS) is 1.61. The number of rotatable bonds is 0. The number of nitrogens with zero attached hydrogens (tertiary/aromatic N) is 1. The third-order valence-corrected chi connectivity index (χ3v) is 0. The molecule has 0 unspecified atom stereocenters. The standard InChI is InChI=1S/CH4N2S.CH2N2.6CH4.Cd.4H3N.4H2O.S/c2-1(3)4;2-1-3;;;;;;;;;;;;;;;;/h(H4,2,3,4);2H2;6*1H4;;4*1H3;4*1H2;/p-2. The summed E-state index contributed by atoms with van der Waals surface area (Å²) in [5.74, 6) is 0. The van der Waals surface area contributed by atoms with E-state index in [0.29, 0.717) is 0 Å². The van der Waals surface area contributed by atoms with Crippen molar-refractivity contribution in [1.29, 1.82) is 5.26 Å². The first-order valence-corrected chi connectivity index (χ1v) is 7.51. The molecule has 160 valence electrons. The molecule has 12 nitrogen and oxygen atoms in total. The Morgan fingerprint density at radius 1 is 0.739 bits per heavy atom. The number of hydrogen-bond donors (Lipinski definition) is 7. The Hall–Kier alpha value is -0.198. The van der Waals surface area contributed by atoms with Crippen molar-refractivity contribution in [2.75, 3.05) is 0 Å². The molecule has 0 aromatic carbocycles. The molecule has 0 aliphatic rings. The molecular weight excluding hydrogens is 449 g/mol. The Kier molecular flexibility index (Phi) is 9140. The molecule has 0 amide bonds. The van der Waals surface area contributed by atoms with E-state index in [9.17, 15) is 0 Å². The van der Waals surface area contributed by atoms with E-state index in [1.807, 2.05) is 0 Å². The molecule has 0 aromatic heterocycles. The van der Waals surface area contributed by atoms with Crippen LogP contribution in [0.25, 0.3) is 0 Å². The molecule has 15 heteroatoms. The Labute approximate surface area is 169 Å². The van der Waals surface area contributed by atoms with Gasteiger partial charge in [0.25, 0.3) is 0 Å². The molecule has 0 aromatic rings. The van der Waals surface area contributed by atoms with Crippen LogP contribution in [0.5, 0.6) is 0 Å². The van der Waals surface area contributed by atoms with E-state index < -0.39 is 0 Å². The minimum absolute atomic E-state index is 0. The van der Waals surface area contributed by atoms with Crippen LogP contribution in [0.4, 0.5) is 0 Å². The first kappa shape index (κ1) is 322. The van der Waals surface area contributed by atoms with Crippen LogP contribution < -0.4 is 41.8 Å². The van der Waals surface area contributed by atoms with Crippen molar-refractivity contribution in [1.82, 2.24) is 24.6 Å². The van der Waals surface area contributed by atoms with E-state index >= 15 is 0 Å². The third-order valence-electron chi connectivity index (χ3n) is 0. The fraction of sp³-hybridized carbons (Fsp3) is 0.750. The fourth-order valence-electron chi connectivity index (χ4n) is 0. The van der Waals surface area contributed by atoms with Gasteiger partial charge in [-0.1, -0.05) is 44.6 Å². The zero-order valence-corrected chi connectivity index (χ0v) is 15.1. The van der Waals surface area contributed by atoms with Gasteiger partial charge in [-0.15, -0.1) is 0 Å². The molecule has 0 spiro atoms. The van der Waals surface area contributed by atoms with Crippen molar-refractivity contribution in [3.63, 3.8) is 0 Å². The van der Waals surface area contributed by atoms with Crippen LogP contribution in [0.1, 0.15) is 44.6 Å². The van der Waals surface area contributed by atoms with E-state index in [1.165, 1.54) is 6.19 Å². The molecule has 0 bridgehead atoms. The molecule has 24 N–H and O–H groups in total. The molecule has 0 heterocycles. The number of thiocarbonyl (C=S) groups is 1. The minimum atomic E-state index is 0. The van der Waals surface area contributed by atoms with Crippen LogP contribution in [0.3, 0.4) is 0 Å². The van der Waals surface area contributed by atoms with Gasteiger partial charge in [-0.25, -0.2) is 0 Å². The second-order valence-electron chi connectivity index (χ2n) is 0.531. The second kappa shape index (κ2) is 653. The van der Waals surface area contributed by atoms with Gasteiger partial charge in [-0.2, -0.15) is 5.26 Å². The number of hydrogen-bond acceptors (Lipinski definition) is 10. The van der Waals surface area contributed by atoms with Crippen LogP contribution in [0.15, 0.2) is 0 Å². The summed E-state index contributed by atoms with van der Waals surface area (Å²) >= 11 is 4.83. The number of nitrogens with two attached hydrogens (primary N) is 3. The molecule has 0 saturated carbocycles. The van der Waals surface area contributed by atoms with Crippen molar-refractivity contribution in [3.8, 4) is 6.19 Å². The van der Waals surface area contributed by atoms with Crippen LogP contribution >= 0.6 is 20.9 Å². The maximum absolute atomic E-state index is 7.10. The van der Waals surface area contributed by atoms with E-state index in [4.69, 9.17) is 5.26 Å². The Balaban J connectivity index is -0.00000000122. The molecule has 0 aliphatic carbocycles. The van der Waals surface area contributed by atoms with Crippen LogP contribution in [-0.2, 0) is 23.7 Å². The van der Waals surface area contributed by atoms with Gasteiger partial charge in [0.1, 0.15) is 0 Å². The van der Waals surface area contributed by atoms with Crippen molar-refractivity contribution in [3.05, 3.63) is 0 Å². The monoisotopic (exact) mass is 498 g/mol. The SMILES string of the molecule is C.C.C.C.C.C.N.N.N.N.N#CN.NC(N)=S.O.O.[OH-].[OH-].[S]=[Cd]. The Morgan fingerprint density at radius 3 is 0.739 bits per heavy atom. The van der Waals surface area contributed by atoms with E-state index in [0.717, 1.165) is 23.7 Å². The van der Waals surface area contributed by atoms with Crippen molar-refractivity contribution >= 4 is 26.0 Å². The van der Waals surface area contributed by atoms with Gasteiger partial charge in [-0.05, 0) is 12.2 Å². The average molecular weight is 497 g/mol. The van der Waals surface area contributed by atoms with Crippen molar-refractivity contribution in [2.24, 2.45) is 17.2 Å². The fourth-order valence-corrected chi connectivity index (χ4v) is 0. The van der Waals surface area contributed by atoms with Gasteiger partial charge >= 0.3 is 32.3 Å². The van der Waals surface area contributed by atoms with Crippen LogP contribution in [-0.4, -0.2) is 27.0 Å². The molecule has 23 heavy (non-hydrogen) atoms. The average Bonchev–Trinajstić information content (AvgIpc) is 1.71. The molecular formula is C8H48CdN8O4S2-2. The Morgan fingerprint density at radius 2 is 0.739 bits per heavy atom. The summed E-state index contributed by atoms with van der Waals surface area (Å²) < 4.78 is 0. The molecule has 0 saturated heterocycles. The van der Waals surface area contributed by atoms with E-state index in [2.05, 4.69) is 38.1 Å². The predicted molar refractivity (Wildman–Crippen MR) is 110 cm³/mol. The summed E-state index contributed by atoms with van der Waals surface area (Å²) in [5, 5.41) is 7.10. The van der Waals surface area contributed by atoms with Crippen molar-refractivity contribution in [2.45, 2.75) is 44.6 Å². The Bertz CT molecular complexity index is 125.